The van der Waals surface area contributed by atoms with Crippen molar-refractivity contribution in [3.05, 3.63) is 18.2 Å². The molecule has 3 rings (SSSR count). The summed E-state index contributed by atoms with van der Waals surface area (Å²) < 4.78 is 46.4. The highest BCUT2D eigenvalue weighted by molar-refractivity contribution is 5.47. The molecule has 0 spiro atoms. The molecule has 0 saturated carbocycles. The van der Waals surface area contributed by atoms with Crippen molar-refractivity contribution in [2.75, 3.05) is 13.1 Å². The molecular formula is C11H12F3N5O. The number of hydrogen-bond acceptors (Lipinski definition) is 5. The normalized spacial score (nSPS) is 23.4. The summed E-state index contributed by atoms with van der Waals surface area (Å²) in [6.45, 7) is 0.0150. The Labute approximate surface area is 112 Å². The van der Waals surface area contributed by atoms with Gasteiger partial charge in [0.05, 0.1) is 0 Å². The van der Waals surface area contributed by atoms with Crippen molar-refractivity contribution in [2.45, 2.75) is 18.0 Å². The second-order valence-corrected chi connectivity index (χ2v) is 4.80. The molecule has 1 fully saturated rings. The van der Waals surface area contributed by atoms with Gasteiger partial charge >= 0.3 is 6.18 Å². The van der Waals surface area contributed by atoms with Gasteiger partial charge in [-0.2, -0.15) is 23.3 Å². The van der Waals surface area contributed by atoms with E-state index in [0.29, 0.717) is 5.69 Å². The molecule has 2 aromatic rings. The van der Waals surface area contributed by atoms with Crippen LogP contribution in [0.3, 0.4) is 0 Å². The van der Waals surface area contributed by atoms with Gasteiger partial charge in [-0.05, 0) is 19.0 Å². The minimum Gasteiger partial charge on any atom is -0.338 e. The van der Waals surface area contributed by atoms with E-state index in [9.17, 15) is 13.2 Å². The fraction of sp³-hybridized carbons (Fsp3) is 0.545. The number of alkyl halides is 3. The predicted molar refractivity (Wildman–Crippen MR) is 61.7 cm³/mol. The molecule has 0 aliphatic carbocycles. The van der Waals surface area contributed by atoms with Crippen LogP contribution in [0.2, 0.25) is 0 Å². The summed E-state index contributed by atoms with van der Waals surface area (Å²) in [4.78, 5) is 3.90. The van der Waals surface area contributed by atoms with E-state index >= 15 is 0 Å². The highest BCUT2D eigenvalue weighted by atomic mass is 19.4. The van der Waals surface area contributed by atoms with Crippen LogP contribution in [0, 0.1) is 0 Å². The third-order valence-corrected chi connectivity index (χ3v) is 3.48. The Kier molecular flexibility index (Phi) is 2.82. The van der Waals surface area contributed by atoms with Crippen molar-refractivity contribution in [3.8, 4) is 11.5 Å². The molecule has 0 radical (unpaired) electrons. The average Bonchev–Trinajstić information content (AvgIpc) is 3.07. The number of nitrogens with zero attached hydrogens (tertiary/aromatic N) is 4. The quantitative estimate of drug-likeness (QED) is 0.900. The van der Waals surface area contributed by atoms with Gasteiger partial charge in [-0.3, -0.25) is 4.68 Å². The average molecular weight is 287 g/mol. The second-order valence-electron chi connectivity index (χ2n) is 4.80. The molecule has 0 aromatic carbocycles. The van der Waals surface area contributed by atoms with E-state index in [0.717, 1.165) is 0 Å². The summed E-state index contributed by atoms with van der Waals surface area (Å²) in [5.74, 6) is -0.341. The van der Waals surface area contributed by atoms with Crippen LogP contribution in [0.5, 0.6) is 0 Å². The van der Waals surface area contributed by atoms with Crippen LogP contribution >= 0.6 is 0 Å². The summed E-state index contributed by atoms with van der Waals surface area (Å²) in [5.41, 5.74) is -1.72. The first-order valence-corrected chi connectivity index (χ1v) is 6.04. The molecule has 1 aliphatic heterocycles. The van der Waals surface area contributed by atoms with E-state index in [2.05, 4.69) is 20.6 Å². The van der Waals surface area contributed by atoms with Crippen molar-refractivity contribution in [3.63, 3.8) is 0 Å². The fourth-order valence-electron chi connectivity index (χ4n) is 2.29. The molecule has 6 nitrogen and oxygen atoms in total. The molecule has 1 atom stereocenters. The molecule has 108 valence electrons. The first-order chi connectivity index (χ1) is 9.42. The summed E-state index contributed by atoms with van der Waals surface area (Å²) in [6, 6.07) is 1.61. The Balaban J connectivity index is 2.00. The fourth-order valence-corrected chi connectivity index (χ4v) is 2.29. The topological polar surface area (TPSA) is 68.8 Å². The lowest BCUT2D eigenvalue weighted by Gasteiger charge is -2.26. The summed E-state index contributed by atoms with van der Waals surface area (Å²) in [7, 11) is 1.70. The number of halogens is 3. The van der Waals surface area contributed by atoms with Gasteiger partial charge in [0.2, 0.25) is 11.7 Å². The van der Waals surface area contributed by atoms with Gasteiger partial charge in [0.25, 0.3) is 0 Å². The Morgan fingerprint density at radius 1 is 1.45 bits per heavy atom. The number of hydrogen-bond donors (Lipinski definition) is 1. The van der Waals surface area contributed by atoms with E-state index in [4.69, 9.17) is 4.52 Å². The van der Waals surface area contributed by atoms with Crippen LogP contribution in [0.4, 0.5) is 13.2 Å². The minimum atomic E-state index is -4.44. The van der Waals surface area contributed by atoms with Gasteiger partial charge in [0.15, 0.2) is 5.41 Å². The SMILES string of the molecule is Cn1ccc(-c2noc(C3(C(F)(F)F)CCNC3)n2)n1. The maximum Gasteiger partial charge on any atom is 0.404 e. The standard InChI is InChI=1S/C11H12F3N5O/c1-19-5-2-7(17-19)8-16-9(20-18-8)10(11(12,13)14)3-4-15-6-10/h2,5,15H,3-4,6H2,1H3. The smallest absolute Gasteiger partial charge is 0.338 e. The van der Waals surface area contributed by atoms with Gasteiger partial charge in [-0.15, -0.1) is 0 Å². The Morgan fingerprint density at radius 3 is 2.80 bits per heavy atom. The van der Waals surface area contributed by atoms with E-state index in [1.807, 2.05) is 0 Å². The monoisotopic (exact) mass is 287 g/mol. The Morgan fingerprint density at radius 2 is 2.25 bits per heavy atom. The molecule has 3 heterocycles. The van der Waals surface area contributed by atoms with E-state index < -0.39 is 17.5 Å². The lowest BCUT2D eigenvalue weighted by atomic mass is 9.86. The second kappa shape index (κ2) is 4.30. The highest BCUT2D eigenvalue weighted by Gasteiger charge is 2.61. The summed E-state index contributed by atoms with van der Waals surface area (Å²) in [5, 5.41) is 10.4. The van der Waals surface area contributed by atoms with Crippen LogP contribution in [0.15, 0.2) is 16.8 Å². The minimum absolute atomic E-state index is 0.0659. The molecule has 1 aliphatic rings. The van der Waals surface area contributed by atoms with Gasteiger partial charge in [-0.25, -0.2) is 0 Å². The zero-order valence-electron chi connectivity index (χ0n) is 10.6. The van der Waals surface area contributed by atoms with Crippen LogP contribution in [-0.4, -0.2) is 39.2 Å². The maximum absolute atomic E-state index is 13.3. The molecule has 1 N–H and O–H groups in total. The zero-order valence-corrected chi connectivity index (χ0v) is 10.6. The molecule has 1 saturated heterocycles. The summed E-state index contributed by atoms with van der Waals surface area (Å²) >= 11 is 0. The molecule has 1 unspecified atom stereocenters. The third-order valence-electron chi connectivity index (χ3n) is 3.48. The number of rotatable bonds is 2. The third kappa shape index (κ3) is 1.89. The molecular weight excluding hydrogens is 275 g/mol. The van der Waals surface area contributed by atoms with Gasteiger partial charge < -0.3 is 9.84 Å². The Hall–Kier alpha value is -1.90. The summed E-state index contributed by atoms with van der Waals surface area (Å²) in [6.07, 6.45) is -2.90. The van der Waals surface area contributed by atoms with E-state index in [-0.39, 0.29) is 25.3 Å². The van der Waals surface area contributed by atoms with Gasteiger partial charge in [0, 0.05) is 19.8 Å². The lowest BCUT2D eigenvalue weighted by molar-refractivity contribution is -0.191. The number of nitrogens with one attached hydrogen (secondary N) is 1. The molecule has 2 aromatic heterocycles. The number of aromatic nitrogens is 4. The van der Waals surface area contributed by atoms with Crippen molar-refractivity contribution in [1.29, 1.82) is 0 Å². The van der Waals surface area contributed by atoms with Crippen molar-refractivity contribution < 1.29 is 17.7 Å². The largest absolute Gasteiger partial charge is 0.404 e. The van der Waals surface area contributed by atoms with E-state index in [1.165, 1.54) is 4.68 Å². The van der Waals surface area contributed by atoms with E-state index in [1.54, 1.807) is 19.3 Å². The van der Waals surface area contributed by atoms with Crippen LogP contribution < -0.4 is 5.32 Å². The Bertz CT molecular complexity index is 612. The van der Waals surface area contributed by atoms with Crippen molar-refractivity contribution >= 4 is 0 Å². The zero-order chi connectivity index (χ0) is 14.4. The predicted octanol–water partition coefficient (Wildman–Crippen LogP) is 1.26. The lowest BCUT2D eigenvalue weighted by Crippen LogP contribution is -2.44. The van der Waals surface area contributed by atoms with Crippen molar-refractivity contribution in [2.24, 2.45) is 7.05 Å². The first kappa shape index (κ1) is 13.1. The molecule has 0 amide bonds. The molecule has 0 bridgehead atoms. The van der Waals surface area contributed by atoms with Crippen LogP contribution in [-0.2, 0) is 12.5 Å². The van der Waals surface area contributed by atoms with Crippen LogP contribution in [0.25, 0.3) is 11.5 Å². The molecule has 9 heteroatoms. The maximum atomic E-state index is 13.3. The van der Waals surface area contributed by atoms with Crippen molar-refractivity contribution in [1.82, 2.24) is 25.2 Å². The van der Waals surface area contributed by atoms with Crippen LogP contribution in [0.1, 0.15) is 12.3 Å². The van der Waals surface area contributed by atoms with Gasteiger partial charge in [0.1, 0.15) is 5.69 Å². The highest BCUT2D eigenvalue weighted by Crippen LogP contribution is 2.44. The number of aryl methyl sites for hydroxylation is 1. The van der Waals surface area contributed by atoms with Gasteiger partial charge in [-0.1, -0.05) is 5.16 Å². The molecule has 20 heavy (non-hydrogen) atoms. The first-order valence-electron chi connectivity index (χ1n) is 6.04.